The number of carbonyl (C=O) groups excluding carboxylic acids is 1. The van der Waals surface area contributed by atoms with Crippen LogP contribution in [0.2, 0.25) is 0 Å². The fourth-order valence-corrected chi connectivity index (χ4v) is 4.15. The molecule has 1 aliphatic carbocycles. The van der Waals surface area contributed by atoms with Gasteiger partial charge in [-0.1, -0.05) is 13.0 Å². The molecule has 6 atom stereocenters. The van der Waals surface area contributed by atoms with Crippen LogP contribution in [0.3, 0.4) is 0 Å². The van der Waals surface area contributed by atoms with Crippen molar-refractivity contribution in [1.29, 1.82) is 0 Å². The summed E-state index contributed by atoms with van der Waals surface area (Å²) in [5.41, 5.74) is 1.69. The van der Waals surface area contributed by atoms with E-state index >= 15 is 0 Å². The second kappa shape index (κ2) is 9.97. The van der Waals surface area contributed by atoms with Crippen molar-refractivity contribution in [3.8, 4) is 5.75 Å². The van der Waals surface area contributed by atoms with Crippen LogP contribution in [-0.2, 0) is 14.3 Å². The molecule has 1 saturated heterocycles. The van der Waals surface area contributed by atoms with Crippen molar-refractivity contribution in [3.63, 3.8) is 0 Å². The Kier molecular flexibility index (Phi) is 7.55. The molecule has 1 aromatic rings. The van der Waals surface area contributed by atoms with Crippen LogP contribution in [0.1, 0.15) is 32.8 Å². The van der Waals surface area contributed by atoms with E-state index in [4.69, 9.17) is 9.47 Å². The molecule has 9 nitrogen and oxygen atoms in total. The highest BCUT2D eigenvalue weighted by molar-refractivity contribution is 5.97. The van der Waals surface area contributed by atoms with Crippen molar-refractivity contribution in [1.82, 2.24) is 5.32 Å². The molecule has 1 aromatic carbocycles. The highest BCUT2D eigenvalue weighted by Crippen LogP contribution is 2.31. The molecule has 1 saturated carbocycles. The van der Waals surface area contributed by atoms with Crippen molar-refractivity contribution in [3.05, 3.63) is 29.3 Å². The van der Waals surface area contributed by atoms with Gasteiger partial charge in [-0.15, -0.1) is 0 Å². The third-order valence-electron chi connectivity index (χ3n) is 5.86. The third kappa shape index (κ3) is 4.86. The van der Waals surface area contributed by atoms with Gasteiger partial charge in [-0.25, -0.2) is 0 Å². The Balaban J connectivity index is 1.71. The maximum absolute atomic E-state index is 12.7. The minimum absolute atomic E-state index is 0.0943. The summed E-state index contributed by atoms with van der Waals surface area (Å²) in [6, 6.07) is 4.10. The summed E-state index contributed by atoms with van der Waals surface area (Å²) in [7, 11) is 0. The second-order valence-corrected chi connectivity index (χ2v) is 8.01. The van der Waals surface area contributed by atoms with Crippen LogP contribution < -0.4 is 10.2 Å². The number of aromatic hydroxyl groups is 1. The van der Waals surface area contributed by atoms with Gasteiger partial charge in [0.25, 0.3) is 0 Å². The van der Waals surface area contributed by atoms with Crippen molar-refractivity contribution < 1.29 is 34.7 Å². The molecule has 0 bridgehead atoms. The van der Waals surface area contributed by atoms with E-state index in [1.807, 2.05) is 19.1 Å². The number of fused-ring (bicyclic) bond motifs is 1. The highest BCUT2D eigenvalue weighted by atomic mass is 16.7. The number of rotatable bonds is 7. The largest absolute Gasteiger partial charge is 0.506 e. The standard InChI is InChI=1S/C22H32N2O7/c1-4-8-24(5-2)14-7-6-13(10-15(14)25)9-12(3)22(29)23-16-17(26)19(28)21-20(18(16)27)30-11-31-21/h6-7,9-10,16-21,25-28H,4-5,8,11H2,1-3H3,(H,23,29)/b12-9+/t16-,17+,18-,19-,20+,21-/m1/s1. The first-order valence-electron chi connectivity index (χ1n) is 10.6. The highest BCUT2D eigenvalue weighted by Gasteiger charge is 2.53. The summed E-state index contributed by atoms with van der Waals surface area (Å²) < 4.78 is 10.5. The summed E-state index contributed by atoms with van der Waals surface area (Å²) >= 11 is 0. The van der Waals surface area contributed by atoms with Crippen LogP contribution in [0.4, 0.5) is 5.69 Å². The van der Waals surface area contributed by atoms with Crippen LogP contribution in [0.15, 0.2) is 23.8 Å². The average molecular weight is 437 g/mol. The maximum Gasteiger partial charge on any atom is 0.247 e. The lowest BCUT2D eigenvalue weighted by atomic mass is 9.83. The summed E-state index contributed by atoms with van der Waals surface area (Å²) in [4.78, 5) is 14.7. The summed E-state index contributed by atoms with van der Waals surface area (Å²) in [6.45, 7) is 7.19. The first kappa shape index (κ1) is 23.5. The number of amides is 1. The van der Waals surface area contributed by atoms with E-state index in [9.17, 15) is 25.2 Å². The molecular weight excluding hydrogens is 404 g/mol. The fourth-order valence-electron chi connectivity index (χ4n) is 4.15. The number of anilines is 1. The Bertz CT molecular complexity index is 815. The Labute approximate surface area is 181 Å². The minimum atomic E-state index is -1.41. The Morgan fingerprint density at radius 1 is 1.16 bits per heavy atom. The minimum Gasteiger partial charge on any atom is -0.506 e. The molecule has 0 spiro atoms. The van der Waals surface area contributed by atoms with Gasteiger partial charge in [-0.05, 0) is 44.0 Å². The third-order valence-corrected chi connectivity index (χ3v) is 5.86. The molecule has 1 amide bonds. The van der Waals surface area contributed by atoms with Gasteiger partial charge in [-0.3, -0.25) is 4.79 Å². The molecule has 3 rings (SSSR count). The van der Waals surface area contributed by atoms with Gasteiger partial charge in [0, 0.05) is 18.7 Å². The average Bonchev–Trinajstić information content (AvgIpc) is 3.24. The zero-order valence-electron chi connectivity index (χ0n) is 18.1. The topological polar surface area (TPSA) is 132 Å². The lowest BCUT2D eigenvalue weighted by Crippen LogP contribution is -2.67. The van der Waals surface area contributed by atoms with E-state index in [0.29, 0.717) is 11.1 Å². The van der Waals surface area contributed by atoms with Gasteiger partial charge >= 0.3 is 0 Å². The number of aliphatic hydroxyl groups is 3. The van der Waals surface area contributed by atoms with Gasteiger partial charge < -0.3 is 40.1 Å². The molecule has 0 aromatic heterocycles. The zero-order chi connectivity index (χ0) is 22.7. The van der Waals surface area contributed by atoms with Crippen molar-refractivity contribution in [2.45, 2.75) is 63.8 Å². The molecule has 9 heteroatoms. The van der Waals surface area contributed by atoms with Crippen molar-refractivity contribution in [2.24, 2.45) is 0 Å². The Morgan fingerprint density at radius 2 is 1.84 bits per heavy atom. The molecule has 5 N–H and O–H groups in total. The quantitative estimate of drug-likeness (QED) is 0.387. The first-order chi connectivity index (χ1) is 14.8. The number of hydrogen-bond acceptors (Lipinski definition) is 8. The summed E-state index contributed by atoms with van der Waals surface area (Å²) in [6.07, 6.45) is -3.04. The fraction of sp³-hybridized carbons (Fsp3) is 0.591. The number of nitrogens with zero attached hydrogens (tertiary/aromatic N) is 1. The normalized spacial score (nSPS) is 30.7. The van der Waals surface area contributed by atoms with Crippen LogP contribution in [0.25, 0.3) is 6.08 Å². The molecule has 31 heavy (non-hydrogen) atoms. The van der Waals surface area contributed by atoms with Crippen LogP contribution in [0, 0.1) is 0 Å². The number of phenols is 1. The molecule has 2 aliphatic rings. The predicted octanol–water partition coefficient (Wildman–Crippen LogP) is 0.354. The molecule has 1 aliphatic heterocycles. The van der Waals surface area contributed by atoms with E-state index in [2.05, 4.69) is 17.1 Å². The monoisotopic (exact) mass is 436 g/mol. The molecular formula is C22H32N2O7. The van der Waals surface area contributed by atoms with Gasteiger partial charge in [0.1, 0.15) is 43.1 Å². The van der Waals surface area contributed by atoms with E-state index < -0.39 is 42.5 Å². The lowest BCUT2D eigenvalue weighted by Gasteiger charge is -2.41. The number of carbonyl (C=O) groups is 1. The van der Waals surface area contributed by atoms with Gasteiger partial charge in [0.15, 0.2) is 0 Å². The SMILES string of the molecule is CCCN(CC)c1ccc(/C=C(\C)C(=O)N[C@@H]2[C@H](O)[C@@H](O)[C@H]3OCO[C@H]3[C@@H]2O)cc1O. The van der Waals surface area contributed by atoms with Crippen molar-refractivity contribution in [2.75, 3.05) is 24.8 Å². The smallest absolute Gasteiger partial charge is 0.247 e. The number of aliphatic hydroxyl groups excluding tert-OH is 3. The molecule has 2 fully saturated rings. The maximum atomic E-state index is 12.7. The van der Waals surface area contributed by atoms with E-state index in [1.165, 1.54) is 0 Å². The van der Waals surface area contributed by atoms with E-state index in [-0.39, 0.29) is 12.5 Å². The lowest BCUT2D eigenvalue weighted by molar-refractivity contribution is -0.155. The van der Waals surface area contributed by atoms with Crippen LogP contribution in [0.5, 0.6) is 5.75 Å². The molecule has 172 valence electrons. The first-order valence-corrected chi connectivity index (χ1v) is 10.6. The predicted molar refractivity (Wildman–Crippen MR) is 114 cm³/mol. The molecule has 0 unspecified atom stereocenters. The van der Waals surface area contributed by atoms with Gasteiger partial charge in [0.05, 0.1) is 11.7 Å². The Morgan fingerprint density at radius 3 is 2.45 bits per heavy atom. The Hall–Kier alpha value is -2.17. The summed E-state index contributed by atoms with van der Waals surface area (Å²) in [5.74, 6) is -0.389. The van der Waals surface area contributed by atoms with Crippen LogP contribution >= 0.6 is 0 Å². The number of benzene rings is 1. The molecule has 1 heterocycles. The van der Waals surface area contributed by atoms with E-state index in [0.717, 1.165) is 25.2 Å². The van der Waals surface area contributed by atoms with E-state index in [1.54, 1.807) is 19.1 Å². The van der Waals surface area contributed by atoms with Gasteiger partial charge in [-0.2, -0.15) is 0 Å². The molecule has 0 radical (unpaired) electrons. The number of hydrogen-bond donors (Lipinski definition) is 5. The second-order valence-electron chi connectivity index (χ2n) is 8.01. The zero-order valence-corrected chi connectivity index (χ0v) is 18.1. The number of nitrogens with one attached hydrogen (secondary N) is 1. The van der Waals surface area contributed by atoms with Crippen LogP contribution in [-0.4, -0.2) is 82.8 Å². The number of ether oxygens (including phenoxy) is 2. The van der Waals surface area contributed by atoms with Gasteiger partial charge in [0.2, 0.25) is 5.91 Å². The summed E-state index contributed by atoms with van der Waals surface area (Å²) in [5, 5.41) is 44.1. The van der Waals surface area contributed by atoms with Crippen molar-refractivity contribution >= 4 is 17.7 Å². The number of phenolic OH excluding ortho intramolecular Hbond substituents is 1.